The Hall–Kier alpha value is -1.13. The maximum absolute atomic E-state index is 13.8. The second-order valence-electron chi connectivity index (χ2n) is 5.39. The number of hydrogen-bond acceptors (Lipinski definition) is 2. The van der Waals surface area contributed by atoms with Gasteiger partial charge in [-0.25, -0.2) is 4.39 Å². The van der Waals surface area contributed by atoms with Crippen LogP contribution in [0.4, 0.5) is 4.39 Å². The van der Waals surface area contributed by atoms with Crippen molar-refractivity contribution < 1.29 is 9.18 Å². The first-order valence-corrected chi connectivity index (χ1v) is 7.36. The van der Waals surface area contributed by atoms with Crippen LogP contribution in [-0.4, -0.2) is 29.4 Å². The molecule has 0 radical (unpaired) electrons. The van der Waals surface area contributed by atoms with Crippen molar-refractivity contribution in [1.29, 1.82) is 0 Å². The third-order valence-electron chi connectivity index (χ3n) is 3.87. The fourth-order valence-corrected chi connectivity index (χ4v) is 3.00. The van der Waals surface area contributed by atoms with Crippen LogP contribution < -0.4 is 5.73 Å². The van der Waals surface area contributed by atoms with Crippen LogP contribution in [-0.2, 0) is 11.2 Å². The van der Waals surface area contributed by atoms with Gasteiger partial charge >= 0.3 is 0 Å². The van der Waals surface area contributed by atoms with Crippen molar-refractivity contribution in [2.45, 2.75) is 44.7 Å². The zero-order valence-corrected chi connectivity index (χ0v) is 12.4. The predicted molar refractivity (Wildman–Crippen MR) is 78.1 cm³/mol. The molecule has 3 nitrogen and oxygen atoms in total. The summed E-state index contributed by atoms with van der Waals surface area (Å²) in [6.45, 7) is 2.60. The number of benzene rings is 1. The van der Waals surface area contributed by atoms with Crippen molar-refractivity contribution in [2.75, 3.05) is 6.54 Å². The molecular formula is C15H20ClFN2O. The SMILES string of the molecule is CC(N)C1CCCCN1C(=O)Cc1c(F)cccc1Cl. The molecule has 1 amide bonds. The van der Waals surface area contributed by atoms with Crippen LogP contribution >= 0.6 is 11.6 Å². The standard InChI is InChI=1S/C15H20ClFN2O/c1-10(18)14-7-2-3-8-19(14)15(20)9-11-12(16)5-4-6-13(11)17/h4-6,10,14H,2-3,7-9,18H2,1H3. The number of carbonyl (C=O) groups is 1. The maximum Gasteiger partial charge on any atom is 0.227 e. The maximum atomic E-state index is 13.8. The van der Waals surface area contributed by atoms with Crippen molar-refractivity contribution in [3.05, 3.63) is 34.6 Å². The molecule has 1 aromatic rings. The molecule has 2 N–H and O–H groups in total. The molecule has 2 rings (SSSR count). The Morgan fingerprint density at radius 1 is 1.55 bits per heavy atom. The minimum atomic E-state index is -0.430. The lowest BCUT2D eigenvalue weighted by Crippen LogP contribution is -2.52. The van der Waals surface area contributed by atoms with Gasteiger partial charge in [-0.2, -0.15) is 0 Å². The number of piperidine rings is 1. The lowest BCUT2D eigenvalue weighted by molar-refractivity contribution is -0.134. The molecule has 0 saturated carbocycles. The average molecular weight is 299 g/mol. The summed E-state index contributed by atoms with van der Waals surface area (Å²) >= 11 is 5.98. The smallest absolute Gasteiger partial charge is 0.227 e. The van der Waals surface area contributed by atoms with Crippen molar-refractivity contribution in [2.24, 2.45) is 5.73 Å². The average Bonchev–Trinajstić information content (AvgIpc) is 2.43. The zero-order chi connectivity index (χ0) is 14.7. The summed E-state index contributed by atoms with van der Waals surface area (Å²) in [4.78, 5) is 14.2. The van der Waals surface area contributed by atoms with E-state index in [9.17, 15) is 9.18 Å². The van der Waals surface area contributed by atoms with Crippen molar-refractivity contribution in [3.8, 4) is 0 Å². The monoisotopic (exact) mass is 298 g/mol. The van der Waals surface area contributed by atoms with Crippen LogP contribution in [0, 0.1) is 5.82 Å². The Bertz CT molecular complexity index is 473. The Kier molecular flexibility index (Phi) is 5.00. The highest BCUT2D eigenvalue weighted by Crippen LogP contribution is 2.23. The highest BCUT2D eigenvalue weighted by Gasteiger charge is 2.29. The number of nitrogens with two attached hydrogens (primary N) is 1. The van der Waals surface area contributed by atoms with E-state index in [1.165, 1.54) is 12.1 Å². The lowest BCUT2D eigenvalue weighted by atomic mass is 9.96. The van der Waals surface area contributed by atoms with Gasteiger partial charge in [0.2, 0.25) is 5.91 Å². The van der Waals surface area contributed by atoms with Crippen LogP contribution in [0.5, 0.6) is 0 Å². The molecule has 1 aliphatic rings. The van der Waals surface area contributed by atoms with Gasteiger partial charge in [-0.3, -0.25) is 4.79 Å². The van der Waals surface area contributed by atoms with E-state index < -0.39 is 5.82 Å². The minimum absolute atomic E-state index is 0.00523. The summed E-state index contributed by atoms with van der Waals surface area (Å²) in [5, 5.41) is 0.299. The molecule has 1 aromatic carbocycles. The first-order chi connectivity index (χ1) is 9.50. The van der Waals surface area contributed by atoms with Crippen LogP contribution in [0.3, 0.4) is 0 Å². The fraction of sp³-hybridized carbons (Fsp3) is 0.533. The molecule has 2 atom stereocenters. The highest BCUT2D eigenvalue weighted by atomic mass is 35.5. The van der Waals surface area contributed by atoms with Crippen LogP contribution in [0.25, 0.3) is 0 Å². The summed E-state index contributed by atoms with van der Waals surface area (Å²) in [6, 6.07) is 4.44. The lowest BCUT2D eigenvalue weighted by Gasteiger charge is -2.38. The predicted octanol–water partition coefficient (Wildman–Crippen LogP) is 2.75. The van der Waals surface area contributed by atoms with Gasteiger partial charge in [-0.15, -0.1) is 0 Å². The number of carbonyl (C=O) groups excluding carboxylic acids is 1. The third-order valence-corrected chi connectivity index (χ3v) is 4.22. The number of hydrogen-bond donors (Lipinski definition) is 1. The van der Waals surface area contributed by atoms with Gasteiger partial charge in [0.1, 0.15) is 5.82 Å². The van der Waals surface area contributed by atoms with E-state index in [1.54, 1.807) is 11.0 Å². The van der Waals surface area contributed by atoms with Gasteiger partial charge in [-0.1, -0.05) is 17.7 Å². The van der Waals surface area contributed by atoms with Crippen LogP contribution in [0.15, 0.2) is 18.2 Å². The molecule has 0 aromatic heterocycles. The largest absolute Gasteiger partial charge is 0.338 e. The number of nitrogens with zero attached hydrogens (tertiary/aromatic N) is 1. The van der Waals surface area contributed by atoms with E-state index in [-0.39, 0.29) is 30.0 Å². The molecule has 5 heteroatoms. The van der Waals surface area contributed by atoms with E-state index in [1.807, 2.05) is 6.92 Å². The molecule has 1 heterocycles. The molecule has 1 aliphatic heterocycles. The molecule has 0 aliphatic carbocycles. The number of likely N-dealkylation sites (tertiary alicyclic amines) is 1. The fourth-order valence-electron chi connectivity index (χ4n) is 2.77. The summed E-state index contributed by atoms with van der Waals surface area (Å²) in [5.74, 6) is -0.529. The van der Waals surface area contributed by atoms with Gasteiger partial charge in [-0.05, 0) is 38.3 Å². The van der Waals surface area contributed by atoms with Gasteiger partial charge < -0.3 is 10.6 Å². The van der Waals surface area contributed by atoms with E-state index in [0.717, 1.165) is 19.3 Å². The van der Waals surface area contributed by atoms with Crippen molar-refractivity contribution in [1.82, 2.24) is 4.90 Å². The minimum Gasteiger partial charge on any atom is -0.338 e. The first-order valence-electron chi connectivity index (χ1n) is 6.98. The normalized spacial score (nSPS) is 20.8. The molecule has 0 bridgehead atoms. The van der Waals surface area contributed by atoms with Gasteiger partial charge in [0.05, 0.1) is 6.42 Å². The summed E-state index contributed by atoms with van der Waals surface area (Å²) in [6.07, 6.45) is 2.96. The van der Waals surface area contributed by atoms with Gasteiger partial charge in [0.15, 0.2) is 0 Å². The molecule has 20 heavy (non-hydrogen) atoms. The number of amides is 1. The molecule has 1 saturated heterocycles. The van der Waals surface area contributed by atoms with Crippen molar-refractivity contribution >= 4 is 17.5 Å². The van der Waals surface area contributed by atoms with E-state index in [2.05, 4.69) is 0 Å². The molecule has 110 valence electrons. The molecule has 0 spiro atoms. The Morgan fingerprint density at radius 2 is 2.30 bits per heavy atom. The van der Waals surface area contributed by atoms with Gasteiger partial charge in [0.25, 0.3) is 0 Å². The zero-order valence-electron chi connectivity index (χ0n) is 11.6. The summed E-state index contributed by atoms with van der Waals surface area (Å²) in [5.41, 5.74) is 6.23. The van der Waals surface area contributed by atoms with Gasteiger partial charge in [0, 0.05) is 29.2 Å². The summed E-state index contributed by atoms with van der Waals surface area (Å²) < 4.78 is 13.8. The highest BCUT2D eigenvalue weighted by molar-refractivity contribution is 6.31. The first kappa shape index (κ1) is 15.3. The Labute approximate surface area is 123 Å². The topological polar surface area (TPSA) is 46.3 Å². The van der Waals surface area contributed by atoms with Crippen LogP contribution in [0.2, 0.25) is 5.02 Å². The second-order valence-corrected chi connectivity index (χ2v) is 5.79. The summed E-state index contributed by atoms with van der Waals surface area (Å²) in [7, 11) is 0. The van der Waals surface area contributed by atoms with Crippen LogP contribution in [0.1, 0.15) is 31.7 Å². The van der Waals surface area contributed by atoms with E-state index in [4.69, 9.17) is 17.3 Å². The van der Waals surface area contributed by atoms with Crippen molar-refractivity contribution in [3.63, 3.8) is 0 Å². The Morgan fingerprint density at radius 3 is 2.95 bits per heavy atom. The molecule has 2 unspecified atom stereocenters. The van der Waals surface area contributed by atoms with E-state index >= 15 is 0 Å². The Balaban J connectivity index is 2.14. The molecular weight excluding hydrogens is 279 g/mol. The number of halogens is 2. The quantitative estimate of drug-likeness (QED) is 0.932. The molecule has 1 fully saturated rings. The number of rotatable bonds is 3. The third kappa shape index (κ3) is 3.30. The second kappa shape index (κ2) is 6.55. The van der Waals surface area contributed by atoms with E-state index in [0.29, 0.717) is 11.6 Å².